The summed E-state index contributed by atoms with van der Waals surface area (Å²) in [6, 6.07) is 6.55. The molecule has 22 heavy (non-hydrogen) atoms. The van der Waals surface area contributed by atoms with Crippen LogP contribution < -0.4 is 11.2 Å². The highest BCUT2D eigenvalue weighted by Crippen LogP contribution is 2.17. The molecule has 0 aliphatic rings. The smallest absolute Gasteiger partial charge is 0.357 e. The standard InChI is InChI=1S/C13H19N3O6/c1-22-13(21)10(12(20)11(19)9(18)6-17)16-15-8-5-3-2-4-7(8)14/h2-5,9,11-12,15,17-20H,6,14H2,1H3/b16-10-/t9-,11-,12-/m1/s1. The van der Waals surface area contributed by atoms with E-state index < -0.39 is 36.6 Å². The molecule has 0 spiro atoms. The number of nitrogens with zero attached hydrogens (tertiary/aromatic N) is 1. The average Bonchev–Trinajstić information content (AvgIpc) is 2.54. The lowest BCUT2D eigenvalue weighted by molar-refractivity contribution is -0.134. The first-order valence-electron chi connectivity index (χ1n) is 6.33. The molecule has 1 aromatic rings. The number of nitrogens with one attached hydrogen (secondary N) is 1. The van der Waals surface area contributed by atoms with Crippen LogP contribution in [0.1, 0.15) is 0 Å². The number of anilines is 2. The maximum absolute atomic E-state index is 11.6. The maximum Gasteiger partial charge on any atom is 0.357 e. The van der Waals surface area contributed by atoms with Crippen LogP contribution in [-0.4, -0.2) is 64.1 Å². The van der Waals surface area contributed by atoms with Crippen molar-refractivity contribution in [1.82, 2.24) is 0 Å². The monoisotopic (exact) mass is 313 g/mol. The summed E-state index contributed by atoms with van der Waals surface area (Å²) >= 11 is 0. The van der Waals surface area contributed by atoms with E-state index in [1.807, 2.05) is 0 Å². The fourth-order valence-corrected chi connectivity index (χ4v) is 1.54. The summed E-state index contributed by atoms with van der Waals surface area (Å²) < 4.78 is 4.46. The number of carbonyl (C=O) groups excluding carboxylic acids is 1. The lowest BCUT2D eigenvalue weighted by atomic mass is 10.0. The van der Waals surface area contributed by atoms with Crippen LogP contribution in [0.4, 0.5) is 11.4 Å². The van der Waals surface area contributed by atoms with Gasteiger partial charge in [-0.05, 0) is 12.1 Å². The first kappa shape index (κ1) is 17.9. The van der Waals surface area contributed by atoms with Gasteiger partial charge in [-0.25, -0.2) is 4.79 Å². The van der Waals surface area contributed by atoms with Crippen molar-refractivity contribution in [3.05, 3.63) is 24.3 Å². The van der Waals surface area contributed by atoms with E-state index in [-0.39, 0.29) is 0 Å². The second-order valence-corrected chi connectivity index (χ2v) is 4.37. The summed E-state index contributed by atoms with van der Waals surface area (Å²) in [6.07, 6.45) is -5.34. The molecule has 0 aromatic heterocycles. The Balaban J connectivity index is 3.00. The van der Waals surface area contributed by atoms with Gasteiger partial charge < -0.3 is 30.9 Å². The molecule has 122 valence electrons. The number of ether oxygens (including phenoxy) is 1. The number of hydrogen-bond donors (Lipinski definition) is 6. The topological polar surface area (TPSA) is 158 Å². The second kappa shape index (κ2) is 8.29. The van der Waals surface area contributed by atoms with Crippen LogP contribution in [0.15, 0.2) is 29.4 Å². The number of benzene rings is 1. The Morgan fingerprint density at radius 3 is 2.55 bits per heavy atom. The van der Waals surface area contributed by atoms with Crippen LogP contribution in [-0.2, 0) is 9.53 Å². The zero-order valence-corrected chi connectivity index (χ0v) is 11.9. The van der Waals surface area contributed by atoms with Gasteiger partial charge in [-0.15, -0.1) is 0 Å². The number of para-hydroxylation sites is 2. The Labute approximate surface area is 126 Å². The van der Waals surface area contributed by atoms with Crippen molar-refractivity contribution < 1.29 is 30.0 Å². The van der Waals surface area contributed by atoms with Crippen molar-refractivity contribution in [2.75, 3.05) is 24.9 Å². The van der Waals surface area contributed by atoms with Gasteiger partial charge in [0.05, 0.1) is 25.1 Å². The summed E-state index contributed by atoms with van der Waals surface area (Å²) in [5.41, 5.74) is 8.29. The van der Waals surface area contributed by atoms with Gasteiger partial charge in [0, 0.05) is 0 Å². The number of rotatable bonds is 7. The SMILES string of the molecule is COC(=O)/C(=N\Nc1ccccc1N)[C@@H](O)[C@H](O)[C@H](O)CO. The first-order valence-corrected chi connectivity index (χ1v) is 6.33. The largest absolute Gasteiger partial charge is 0.464 e. The van der Waals surface area contributed by atoms with E-state index in [1.54, 1.807) is 24.3 Å². The predicted octanol–water partition coefficient (Wildman–Crippen LogP) is -1.72. The molecule has 0 saturated carbocycles. The molecule has 9 heteroatoms. The van der Waals surface area contributed by atoms with E-state index in [0.29, 0.717) is 11.4 Å². The highest BCUT2D eigenvalue weighted by atomic mass is 16.5. The van der Waals surface area contributed by atoms with E-state index in [1.165, 1.54) is 0 Å². The molecule has 0 aliphatic heterocycles. The zero-order valence-electron chi connectivity index (χ0n) is 11.9. The molecule has 0 aliphatic carbocycles. The van der Waals surface area contributed by atoms with Gasteiger partial charge in [-0.2, -0.15) is 5.10 Å². The third-order valence-electron chi connectivity index (χ3n) is 2.84. The average molecular weight is 313 g/mol. The Hall–Kier alpha value is -2.20. The van der Waals surface area contributed by atoms with E-state index in [9.17, 15) is 20.1 Å². The summed E-state index contributed by atoms with van der Waals surface area (Å²) in [5.74, 6) is -1.02. The predicted molar refractivity (Wildman–Crippen MR) is 79.0 cm³/mol. The summed E-state index contributed by atoms with van der Waals surface area (Å²) in [6.45, 7) is -0.800. The van der Waals surface area contributed by atoms with Gasteiger partial charge >= 0.3 is 5.97 Å². The van der Waals surface area contributed by atoms with Gasteiger partial charge in [0.25, 0.3) is 0 Å². The molecule has 0 saturated heterocycles. The van der Waals surface area contributed by atoms with Crippen molar-refractivity contribution in [2.45, 2.75) is 18.3 Å². The highest BCUT2D eigenvalue weighted by molar-refractivity contribution is 6.38. The van der Waals surface area contributed by atoms with Gasteiger partial charge in [0.1, 0.15) is 18.3 Å². The second-order valence-electron chi connectivity index (χ2n) is 4.37. The van der Waals surface area contributed by atoms with E-state index in [0.717, 1.165) is 7.11 Å². The summed E-state index contributed by atoms with van der Waals surface area (Å²) in [7, 11) is 1.07. The Kier molecular flexibility index (Phi) is 6.73. The summed E-state index contributed by atoms with van der Waals surface area (Å²) in [4.78, 5) is 11.6. The minimum absolute atomic E-state index is 0.348. The quantitative estimate of drug-likeness (QED) is 0.150. The molecule has 1 aromatic carbocycles. The molecule has 7 N–H and O–H groups in total. The van der Waals surface area contributed by atoms with Crippen LogP contribution >= 0.6 is 0 Å². The molecular weight excluding hydrogens is 294 g/mol. The number of aliphatic hydroxyl groups is 4. The number of hydrazone groups is 1. The number of esters is 1. The number of methoxy groups -OCH3 is 1. The molecular formula is C13H19N3O6. The number of carbonyl (C=O) groups is 1. The normalized spacial score (nSPS) is 15.8. The molecule has 0 radical (unpaired) electrons. The lowest BCUT2D eigenvalue weighted by Crippen LogP contribution is -2.46. The Morgan fingerprint density at radius 2 is 2.00 bits per heavy atom. The Morgan fingerprint density at radius 1 is 1.36 bits per heavy atom. The van der Waals surface area contributed by atoms with Crippen molar-refractivity contribution in [3.8, 4) is 0 Å². The molecule has 0 unspecified atom stereocenters. The third-order valence-corrected chi connectivity index (χ3v) is 2.84. The van der Waals surface area contributed by atoms with Gasteiger partial charge in [0.2, 0.25) is 0 Å². The van der Waals surface area contributed by atoms with Crippen LogP contribution in [0, 0.1) is 0 Å². The van der Waals surface area contributed by atoms with Crippen LogP contribution in [0.2, 0.25) is 0 Å². The van der Waals surface area contributed by atoms with Crippen molar-refractivity contribution in [2.24, 2.45) is 5.10 Å². The van der Waals surface area contributed by atoms with Crippen molar-refractivity contribution in [1.29, 1.82) is 0 Å². The molecule has 0 fully saturated rings. The molecule has 0 heterocycles. The first-order chi connectivity index (χ1) is 10.4. The molecule has 0 bridgehead atoms. The van der Waals surface area contributed by atoms with Gasteiger partial charge in [0.15, 0.2) is 5.71 Å². The van der Waals surface area contributed by atoms with Crippen molar-refractivity contribution in [3.63, 3.8) is 0 Å². The van der Waals surface area contributed by atoms with Gasteiger partial charge in [-0.3, -0.25) is 5.43 Å². The fourth-order valence-electron chi connectivity index (χ4n) is 1.54. The number of nitrogen functional groups attached to an aromatic ring is 1. The maximum atomic E-state index is 11.6. The van der Waals surface area contributed by atoms with Gasteiger partial charge in [-0.1, -0.05) is 12.1 Å². The van der Waals surface area contributed by atoms with E-state index >= 15 is 0 Å². The minimum Gasteiger partial charge on any atom is -0.464 e. The molecule has 9 nitrogen and oxygen atoms in total. The van der Waals surface area contributed by atoms with Crippen molar-refractivity contribution >= 4 is 23.1 Å². The highest BCUT2D eigenvalue weighted by Gasteiger charge is 2.33. The van der Waals surface area contributed by atoms with E-state index in [4.69, 9.17) is 10.8 Å². The minimum atomic E-state index is -1.87. The number of nitrogens with two attached hydrogens (primary N) is 1. The molecule has 1 rings (SSSR count). The van der Waals surface area contributed by atoms with Crippen LogP contribution in [0.3, 0.4) is 0 Å². The zero-order chi connectivity index (χ0) is 16.7. The number of hydrogen-bond acceptors (Lipinski definition) is 9. The third kappa shape index (κ3) is 4.40. The van der Waals surface area contributed by atoms with Crippen LogP contribution in [0.5, 0.6) is 0 Å². The van der Waals surface area contributed by atoms with Crippen LogP contribution in [0.25, 0.3) is 0 Å². The number of aliphatic hydroxyl groups excluding tert-OH is 4. The lowest BCUT2D eigenvalue weighted by Gasteiger charge is -2.21. The fraction of sp³-hybridized carbons (Fsp3) is 0.385. The molecule has 0 amide bonds. The van der Waals surface area contributed by atoms with E-state index in [2.05, 4.69) is 15.3 Å². The Bertz CT molecular complexity index is 536. The molecule has 3 atom stereocenters. The summed E-state index contributed by atoms with van der Waals surface area (Å²) in [5, 5.41) is 41.3.